The summed E-state index contributed by atoms with van der Waals surface area (Å²) in [5.74, 6) is 1.12. The van der Waals surface area contributed by atoms with Crippen molar-refractivity contribution in [1.29, 1.82) is 0 Å². The lowest BCUT2D eigenvalue weighted by Crippen LogP contribution is -2.39. The molecule has 0 radical (unpaired) electrons. The van der Waals surface area contributed by atoms with Gasteiger partial charge in [-0.15, -0.1) is 0 Å². The molecule has 1 saturated carbocycles. The zero-order chi connectivity index (χ0) is 15.8. The number of guanidine groups is 1. The fourth-order valence-electron chi connectivity index (χ4n) is 2.80. The van der Waals surface area contributed by atoms with Crippen molar-refractivity contribution in [2.75, 3.05) is 19.6 Å². The van der Waals surface area contributed by atoms with E-state index in [1.807, 2.05) is 24.3 Å². The predicted octanol–water partition coefficient (Wildman–Crippen LogP) is 2.60. The lowest BCUT2D eigenvalue weighted by Gasteiger charge is -2.15. The molecule has 0 aliphatic heterocycles. The molecular formula is C17H26ClN3O. The first-order valence-electron chi connectivity index (χ1n) is 8.14. The number of benzene rings is 1. The first kappa shape index (κ1) is 17.1. The average molecular weight is 324 g/mol. The van der Waals surface area contributed by atoms with Crippen LogP contribution in [-0.4, -0.2) is 36.8 Å². The third-order valence-corrected chi connectivity index (χ3v) is 4.46. The van der Waals surface area contributed by atoms with Crippen LogP contribution in [0.4, 0.5) is 0 Å². The SMILES string of the molecule is CCNC(=NCC1CCCC1O)NCCc1ccccc1Cl. The second-order valence-electron chi connectivity index (χ2n) is 5.75. The lowest BCUT2D eigenvalue weighted by molar-refractivity contribution is 0.136. The minimum Gasteiger partial charge on any atom is -0.393 e. The average Bonchev–Trinajstić information content (AvgIpc) is 2.92. The Balaban J connectivity index is 1.82. The summed E-state index contributed by atoms with van der Waals surface area (Å²) < 4.78 is 0. The monoisotopic (exact) mass is 323 g/mol. The van der Waals surface area contributed by atoms with Crippen LogP contribution in [0, 0.1) is 5.92 Å². The van der Waals surface area contributed by atoms with Crippen LogP contribution in [0.15, 0.2) is 29.3 Å². The van der Waals surface area contributed by atoms with Crippen molar-refractivity contribution in [2.24, 2.45) is 10.9 Å². The van der Waals surface area contributed by atoms with Gasteiger partial charge in [0, 0.05) is 30.6 Å². The summed E-state index contributed by atoms with van der Waals surface area (Å²) in [7, 11) is 0. The molecule has 2 rings (SSSR count). The van der Waals surface area contributed by atoms with E-state index >= 15 is 0 Å². The first-order valence-corrected chi connectivity index (χ1v) is 8.52. The third-order valence-electron chi connectivity index (χ3n) is 4.09. The molecule has 0 bridgehead atoms. The molecule has 2 unspecified atom stereocenters. The second-order valence-corrected chi connectivity index (χ2v) is 6.15. The Hall–Kier alpha value is -1.26. The number of rotatable bonds is 6. The number of aliphatic hydroxyl groups is 1. The van der Waals surface area contributed by atoms with E-state index in [4.69, 9.17) is 11.6 Å². The maximum absolute atomic E-state index is 9.86. The van der Waals surface area contributed by atoms with Crippen LogP contribution in [0.3, 0.4) is 0 Å². The van der Waals surface area contributed by atoms with E-state index in [9.17, 15) is 5.11 Å². The topological polar surface area (TPSA) is 56.7 Å². The van der Waals surface area contributed by atoms with Gasteiger partial charge in [-0.1, -0.05) is 36.2 Å². The van der Waals surface area contributed by atoms with Crippen LogP contribution in [0.5, 0.6) is 0 Å². The molecule has 1 aromatic carbocycles. The van der Waals surface area contributed by atoms with Crippen LogP contribution in [0.2, 0.25) is 5.02 Å². The molecule has 3 N–H and O–H groups in total. The highest BCUT2D eigenvalue weighted by molar-refractivity contribution is 6.31. The zero-order valence-corrected chi connectivity index (χ0v) is 13.9. The van der Waals surface area contributed by atoms with Gasteiger partial charge in [0.1, 0.15) is 0 Å². The van der Waals surface area contributed by atoms with Gasteiger partial charge in [0.25, 0.3) is 0 Å². The second kappa shape index (κ2) is 9.01. The fourth-order valence-corrected chi connectivity index (χ4v) is 3.03. The zero-order valence-electron chi connectivity index (χ0n) is 13.2. The normalized spacial score (nSPS) is 21.9. The largest absolute Gasteiger partial charge is 0.393 e. The van der Waals surface area contributed by atoms with Crippen molar-refractivity contribution in [2.45, 2.75) is 38.7 Å². The molecule has 0 aromatic heterocycles. The Labute approximate surface area is 138 Å². The molecule has 1 fully saturated rings. The lowest BCUT2D eigenvalue weighted by atomic mass is 10.1. The Morgan fingerprint density at radius 3 is 2.82 bits per heavy atom. The Morgan fingerprint density at radius 2 is 2.14 bits per heavy atom. The van der Waals surface area contributed by atoms with E-state index in [0.29, 0.717) is 12.5 Å². The van der Waals surface area contributed by atoms with E-state index in [2.05, 4.69) is 22.5 Å². The van der Waals surface area contributed by atoms with Crippen molar-refractivity contribution >= 4 is 17.6 Å². The van der Waals surface area contributed by atoms with Crippen molar-refractivity contribution in [3.05, 3.63) is 34.9 Å². The number of aliphatic imine (C=N–C) groups is 1. The van der Waals surface area contributed by atoms with Crippen LogP contribution in [-0.2, 0) is 6.42 Å². The molecule has 5 heteroatoms. The van der Waals surface area contributed by atoms with Gasteiger partial charge in [0.05, 0.1) is 6.10 Å². The smallest absolute Gasteiger partial charge is 0.191 e. The predicted molar refractivity (Wildman–Crippen MR) is 92.5 cm³/mol. The van der Waals surface area contributed by atoms with Crippen molar-refractivity contribution in [1.82, 2.24) is 10.6 Å². The Kier molecular flexibility index (Phi) is 7.00. The van der Waals surface area contributed by atoms with Crippen molar-refractivity contribution in [3.63, 3.8) is 0 Å². The molecule has 22 heavy (non-hydrogen) atoms. The van der Waals surface area contributed by atoms with Gasteiger partial charge in [-0.2, -0.15) is 0 Å². The summed E-state index contributed by atoms with van der Waals surface area (Å²) in [5.41, 5.74) is 1.14. The summed E-state index contributed by atoms with van der Waals surface area (Å²) in [5, 5.41) is 17.2. The summed E-state index contributed by atoms with van der Waals surface area (Å²) in [6.07, 6.45) is 3.77. The van der Waals surface area contributed by atoms with Crippen LogP contribution < -0.4 is 10.6 Å². The molecule has 0 heterocycles. The van der Waals surface area contributed by atoms with Gasteiger partial charge in [-0.3, -0.25) is 4.99 Å². The van der Waals surface area contributed by atoms with E-state index in [1.165, 1.54) is 0 Å². The highest BCUT2D eigenvalue weighted by atomic mass is 35.5. The molecule has 1 aromatic rings. The minimum atomic E-state index is -0.185. The quantitative estimate of drug-likeness (QED) is 0.557. The van der Waals surface area contributed by atoms with E-state index < -0.39 is 0 Å². The van der Waals surface area contributed by atoms with Gasteiger partial charge in [-0.05, 0) is 37.8 Å². The molecule has 2 atom stereocenters. The molecular weight excluding hydrogens is 298 g/mol. The van der Waals surface area contributed by atoms with E-state index in [-0.39, 0.29) is 6.10 Å². The van der Waals surface area contributed by atoms with Crippen LogP contribution in [0.1, 0.15) is 31.7 Å². The van der Waals surface area contributed by atoms with E-state index in [1.54, 1.807) is 0 Å². The summed E-state index contributed by atoms with van der Waals surface area (Å²) in [6.45, 7) is 4.34. The number of nitrogens with one attached hydrogen (secondary N) is 2. The highest BCUT2D eigenvalue weighted by Gasteiger charge is 2.24. The van der Waals surface area contributed by atoms with Gasteiger partial charge >= 0.3 is 0 Å². The Bertz CT molecular complexity index is 493. The summed E-state index contributed by atoms with van der Waals surface area (Å²) in [4.78, 5) is 4.60. The van der Waals surface area contributed by atoms with Crippen molar-refractivity contribution in [3.8, 4) is 0 Å². The molecule has 1 aliphatic carbocycles. The maximum Gasteiger partial charge on any atom is 0.191 e. The highest BCUT2D eigenvalue weighted by Crippen LogP contribution is 2.25. The van der Waals surface area contributed by atoms with Gasteiger partial charge in [-0.25, -0.2) is 0 Å². The number of hydrogen-bond acceptors (Lipinski definition) is 2. The standard InChI is InChI=1S/C17H26ClN3O/c1-2-19-17(21-12-14-7-5-9-16(14)22)20-11-10-13-6-3-4-8-15(13)18/h3-4,6,8,14,16,22H,2,5,7,9-12H2,1H3,(H2,19,20,21). The molecule has 4 nitrogen and oxygen atoms in total. The fraction of sp³-hybridized carbons (Fsp3) is 0.588. The number of aliphatic hydroxyl groups excluding tert-OH is 1. The Morgan fingerprint density at radius 1 is 1.32 bits per heavy atom. The van der Waals surface area contributed by atoms with Crippen LogP contribution >= 0.6 is 11.6 Å². The van der Waals surface area contributed by atoms with E-state index in [0.717, 1.165) is 55.3 Å². The van der Waals surface area contributed by atoms with Crippen LogP contribution in [0.25, 0.3) is 0 Å². The first-order chi connectivity index (χ1) is 10.7. The summed E-state index contributed by atoms with van der Waals surface area (Å²) in [6, 6.07) is 7.90. The molecule has 122 valence electrons. The van der Waals surface area contributed by atoms with Gasteiger partial charge in [0.15, 0.2) is 5.96 Å². The van der Waals surface area contributed by atoms with Gasteiger partial charge < -0.3 is 15.7 Å². The maximum atomic E-state index is 9.86. The molecule has 1 aliphatic rings. The molecule has 0 amide bonds. The van der Waals surface area contributed by atoms with Gasteiger partial charge in [0.2, 0.25) is 0 Å². The summed E-state index contributed by atoms with van der Waals surface area (Å²) >= 11 is 6.16. The molecule has 0 spiro atoms. The van der Waals surface area contributed by atoms with Crippen molar-refractivity contribution < 1.29 is 5.11 Å². The minimum absolute atomic E-state index is 0.185. The third kappa shape index (κ3) is 5.18. The number of hydrogen-bond donors (Lipinski definition) is 3. The molecule has 0 saturated heterocycles. The number of halogens is 1. The number of nitrogens with zero attached hydrogens (tertiary/aromatic N) is 1.